The third-order valence-corrected chi connectivity index (χ3v) is 3.36. The summed E-state index contributed by atoms with van der Waals surface area (Å²) < 4.78 is 5.65. The van der Waals surface area contributed by atoms with Gasteiger partial charge in [-0.05, 0) is 50.9 Å². The van der Waals surface area contributed by atoms with Crippen LogP contribution in [0.5, 0.6) is 5.75 Å². The second kappa shape index (κ2) is 9.40. The number of carbonyl (C=O) groups excluding carboxylic acids is 1. The number of ether oxygens (including phenoxy) is 1. The first-order valence-electron chi connectivity index (χ1n) is 7.90. The molecule has 0 aliphatic carbocycles. The number of carbonyl (C=O) groups is 1. The molecule has 0 heterocycles. The van der Waals surface area contributed by atoms with Crippen molar-refractivity contribution in [2.45, 2.75) is 52.7 Å². The second-order valence-electron chi connectivity index (χ2n) is 5.14. The summed E-state index contributed by atoms with van der Waals surface area (Å²) >= 11 is 0. The molecular formula is C17H28N2O2. The highest BCUT2D eigenvalue weighted by Crippen LogP contribution is 2.21. The summed E-state index contributed by atoms with van der Waals surface area (Å²) in [6, 6.07) is 8.37. The summed E-state index contributed by atoms with van der Waals surface area (Å²) in [6.45, 7) is 9.64. The minimum absolute atomic E-state index is 0.0855. The molecule has 0 spiro atoms. The smallest absolute Gasteiger partial charge is 0.260 e. The summed E-state index contributed by atoms with van der Waals surface area (Å²) in [5, 5.41) is 6.28. The molecule has 0 fully saturated rings. The maximum Gasteiger partial charge on any atom is 0.260 e. The largest absolute Gasteiger partial charge is 0.481 e. The van der Waals surface area contributed by atoms with E-state index < -0.39 is 6.10 Å². The van der Waals surface area contributed by atoms with Gasteiger partial charge in [0, 0.05) is 12.6 Å². The average Bonchev–Trinajstić information content (AvgIpc) is 2.49. The van der Waals surface area contributed by atoms with Crippen molar-refractivity contribution in [2.24, 2.45) is 0 Å². The van der Waals surface area contributed by atoms with Crippen LogP contribution in [0.4, 0.5) is 0 Å². The van der Waals surface area contributed by atoms with Gasteiger partial charge in [-0.1, -0.05) is 26.0 Å². The van der Waals surface area contributed by atoms with Crippen molar-refractivity contribution in [3.05, 3.63) is 29.8 Å². The van der Waals surface area contributed by atoms with Gasteiger partial charge in [0.2, 0.25) is 0 Å². The number of nitrogens with one attached hydrogen (secondary N) is 2. The number of benzene rings is 1. The van der Waals surface area contributed by atoms with Crippen LogP contribution in [-0.4, -0.2) is 25.1 Å². The van der Waals surface area contributed by atoms with E-state index in [1.807, 2.05) is 19.1 Å². The molecule has 0 aromatic heterocycles. The van der Waals surface area contributed by atoms with Gasteiger partial charge < -0.3 is 15.4 Å². The molecule has 1 rings (SSSR count). The van der Waals surface area contributed by atoms with Crippen molar-refractivity contribution < 1.29 is 9.53 Å². The Hall–Kier alpha value is -1.55. The lowest BCUT2D eigenvalue weighted by Crippen LogP contribution is -2.36. The Balaban J connectivity index is 2.62. The van der Waals surface area contributed by atoms with Crippen molar-refractivity contribution >= 4 is 5.91 Å². The minimum atomic E-state index is -0.476. The van der Waals surface area contributed by atoms with Crippen molar-refractivity contribution in [3.63, 3.8) is 0 Å². The lowest BCUT2D eigenvalue weighted by atomic mass is 10.0. The first-order chi connectivity index (χ1) is 10.1. The first kappa shape index (κ1) is 17.5. The third kappa shape index (κ3) is 5.76. The quantitative estimate of drug-likeness (QED) is 0.735. The van der Waals surface area contributed by atoms with Crippen LogP contribution >= 0.6 is 0 Å². The molecule has 1 aromatic carbocycles. The molecule has 118 valence electrons. The monoisotopic (exact) mass is 292 g/mol. The molecule has 4 heteroatoms. The van der Waals surface area contributed by atoms with Crippen LogP contribution in [0, 0.1) is 0 Å². The molecule has 2 unspecified atom stereocenters. The third-order valence-electron chi connectivity index (χ3n) is 3.36. The number of hydrogen-bond donors (Lipinski definition) is 2. The first-order valence-corrected chi connectivity index (χ1v) is 7.90. The van der Waals surface area contributed by atoms with Gasteiger partial charge in [0.25, 0.3) is 5.91 Å². The highest BCUT2D eigenvalue weighted by molar-refractivity contribution is 5.80. The van der Waals surface area contributed by atoms with Gasteiger partial charge >= 0.3 is 0 Å². The zero-order valence-corrected chi connectivity index (χ0v) is 13.6. The molecule has 0 aliphatic heterocycles. The van der Waals surface area contributed by atoms with Gasteiger partial charge in [-0.3, -0.25) is 4.79 Å². The number of rotatable bonds is 9. The van der Waals surface area contributed by atoms with E-state index in [2.05, 4.69) is 36.6 Å². The van der Waals surface area contributed by atoms with E-state index in [0.29, 0.717) is 12.6 Å². The van der Waals surface area contributed by atoms with E-state index in [4.69, 9.17) is 4.74 Å². The summed E-state index contributed by atoms with van der Waals surface area (Å²) in [7, 11) is 0. The van der Waals surface area contributed by atoms with E-state index >= 15 is 0 Å². The van der Waals surface area contributed by atoms with E-state index in [9.17, 15) is 4.79 Å². The standard InChI is InChI=1S/C17H28N2O2/c1-5-12-19-16(6-2)14-8-10-15(11-9-14)21-13(4)17(20)18-7-3/h8-11,13,16,19H,5-7,12H2,1-4H3,(H,18,20). The van der Waals surface area contributed by atoms with E-state index in [1.165, 1.54) is 5.56 Å². The molecule has 2 atom stereocenters. The Morgan fingerprint density at radius 3 is 2.38 bits per heavy atom. The minimum Gasteiger partial charge on any atom is -0.481 e. The van der Waals surface area contributed by atoms with Crippen molar-refractivity contribution in [3.8, 4) is 5.75 Å². The maximum atomic E-state index is 11.6. The van der Waals surface area contributed by atoms with E-state index in [-0.39, 0.29) is 5.91 Å². The van der Waals surface area contributed by atoms with Crippen LogP contribution in [0.15, 0.2) is 24.3 Å². The van der Waals surface area contributed by atoms with Gasteiger partial charge in [0.1, 0.15) is 5.75 Å². The number of amides is 1. The molecule has 0 saturated carbocycles. The average molecular weight is 292 g/mol. The van der Waals surface area contributed by atoms with Crippen LogP contribution in [0.3, 0.4) is 0 Å². The summed E-state index contributed by atoms with van der Waals surface area (Å²) in [4.78, 5) is 11.6. The van der Waals surface area contributed by atoms with Crippen LogP contribution < -0.4 is 15.4 Å². The van der Waals surface area contributed by atoms with Crippen molar-refractivity contribution in [1.82, 2.24) is 10.6 Å². The lowest BCUT2D eigenvalue weighted by Gasteiger charge is -2.18. The summed E-state index contributed by atoms with van der Waals surface area (Å²) in [5.41, 5.74) is 1.25. The fourth-order valence-electron chi connectivity index (χ4n) is 2.17. The second-order valence-corrected chi connectivity index (χ2v) is 5.14. The molecule has 0 radical (unpaired) electrons. The molecule has 0 aliphatic rings. The summed E-state index contributed by atoms with van der Waals surface area (Å²) in [5.74, 6) is 0.639. The molecule has 1 amide bonds. The maximum absolute atomic E-state index is 11.6. The molecule has 21 heavy (non-hydrogen) atoms. The fourth-order valence-corrected chi connectivity index (χ4v) is 2.17. The van der Waals surface area contributed by atoms with Gasteiger partial charge in [-0.25, -0.2) is 0 Å². The number of likely N-dealkylation sites (N-methyl/N-ethyl adjacent to an activating group) is 1. The lowest BCUT2D eigenvalue weighted by molar-refractivity contribution is -0.127. The van der Waals surface area contributed by atoms with Gasteiger partial charge in [0.15, 0.2) is 6.10 Å². The zero-order valence-electron chi connectivity index (χ0n) is 13.6. The van der Waals surface area contributed by atoms with Crippen LogP contribution in [0.25, 0.3) is 0 Å². The SMILES string of the molecule is CCCNC(CC)c1ccc(OC(C)C(=O)NCC)cc1. The summed E-state index contributed by atoms with van der Waals surface area (Å²) in [6.07, 6.45) is 1.70. The Kier molecular flexibility index (Phi) is 7.83. The molecule has 2 N–H and O–H groups in total. The van der Waals surface area contributed by atoms with Crippen molar-refractivity contribution in [1.29, 1.82) is 0 Å². The molecule has 4 nitrogen and oxygen atoms in total. The topological polar surface area (TPSA) is 50.4 Å². The van der Waals surface area contributed by atoms with Crippen molar-refractivity contribution in [2.75, 3.05) is 13.1 Å². The highest BCUT2D eigenvalue weighted by atomic mass is 16.5. The Labute approximate surface area is 128 Å². The predicted molar refractivity (Wildman–Crippen MR) is 86.5 cm³/mol. The van der Waals surface area contributed by atoms with Crippen LogP contribution in [0.2, 0.25) is 0 Å². The molecule has 0 bridgehead atoms. The van der Waals surface area contributed by atoms with E-state index in [1.54, 1.807) is 6.92 Å². The Morgan fingerprint density at radius 1 is 1.19 bits per heavy atom. The Morgan fingerprint density at radius 2 is 1.86 bits per heavy atom. The Bertz CT molecular complexity index is 417. The predicted octanol–water partition coefficient (Wildman–Crippen LogP) is 3.04. The van der Waals surface area contributed by atoms with Crippen LogP contribution in [0.1, 0.15) is 52.1 Å². The molecule has 1 aromatic rings. The van der Waals surface area contributed by atoms with Crippen LogP contribution in [-0.2, 0) is 4.79 Å². The number of hydrogen-bond acceptors (Lipinski definition) is 3. The highest BCUT2D eigenvalue weighted by Gasteiger charge is 2.14. The normalized spacial score (nSPS) is 13.5. The zero-order chi connectivity index (χ0) is 15.7. The molecule has 0 saturated heterocycles. The van der Waals surface area contributed by atoms with Gasteiger partial charge in [-0.15, -0.1) is 0 Å². The van der Waals surface area contributed by atoms with E-state index in [0.717, 1.165) is 25.1 Å². The fraction of sp³-hybridized carbons (Fsp3) is 0.588. The van der Waals surface area contributed by atoms with Gasteiger partial charge in [-0.2, -0.15) is 0 Å². The molecular weight excluding hydrogens is 264 g/mol. The van der Waals surface area contributed by atoms with Gasteiger partial charge in [0.05, 0.1) is 0 Å².